The predicted octanol–water partition coefficient (Wildman–Crippen LogP) is 1.01. The van der Waals surface area contributed by atoms with E-state index in [0.717, 1.165) is 0 Å². The van der Waals surface area contributed by atoms with Gasteiger partial charge in [-0.1, -0.05) is 26.7 Å². The number of hydrogen-bond acceptors (Lipinski definition) is 3. The molecule has 1 saturated carbocycles. The zero-order chi connectivity index (χ0) is 12.7. The van der Waals surface area contributed by atoms with Crippen LogP contribution >= 0.6 is 0 Å². The summed E-state index contributed by atoms with van der Waals surface area (Å²) in [5, 5.41) is 3.32. The van der Waals surface area contributed by atoms with Crippen molar-refractivity contribution in [2.75, 3.05) is 13.7 Å². The Bertz CT molecular complexity index is 237. The molecule has 0 amide bonds. The van der Waals surface area contributed by atoms with Crippen molar-refractivity contribution in [2.24, 2.45) is 16.8 Å². The number of ether oxygens (including phenoxy) is 1. The molecule has 1 aliphatic rings. The fourth-order valence-corrected chi connectivity index (χ4v) is 2.09. The highest BCUT2D eigenvalue weighted by Gasteiger charge is 2.17. The van der Waals surface area contributed by atoms with Gasteiger partial charge in [0.25, 0.3) is 0 Å². The molecule has 1 unspecified atom stereocenters. The van der Waals surface area contributed by atoms with Crippen LogP contribution in [0.4, 0.5) is 0 Å². The lowest BCUT2D eigenvalue weighted by atomic mass is 10.1. The number of rotatable bonds is 5. The monoisotopic (exact) mass is 242 g/mol. The third kappa shape index (κ3) is 4.91. The summed E-state index contributed by atoms with van der Waals surface area (Å²) in [6.45, 7) is 4.96. The van der Waals surface area contributed by atoms with E-state index < -0.39 is 0 Å². The van der Waals surface area contributed by atoms with Crippen molar-refractivity contribution >= 4 is 5.96 Å². The second-order valence-corrected chi connectivity index (χ2v) is 5.01. The maximum Gasteiger partial charge on any atom is 0.206 e. The van der Waals surface area contributed by atoms with Gasteiger partial charge in [-0.15, -0.1) is 0 Å². The maximum atomic E-state index is 5.51. The molecule has 17 heavy (non-hydrogen) atoms. The van der Waals surface area contributed by atoms with Crippen LogP contribution in [0.1, 0.15) is 39.5 Å². The first-order chi connectivity index (χ1) is 8.17. The van der Waals surface area contributed by atoms with Crippen molar-refractivity contribution in [2.45, 2.75) is 51.6 Å². The predicted molar refractivity (Wildman–Crippen MR) is 70.7 cm³/mol. The first-order valence-corrected chi connectivity index (χ1v) is 6.47. The molecule has 0 heterocycles. The second-order valence-electron chi connectivity index (χ2n) is 5.01. The van der Waals surface area contributed by atoms with Gasteiger partial charge in [0, 0.05) is 7.11 Å². The van der Waals surface area contributed by atoms with E-state index in [4.69, 9.17) is 10.6 Å². The van der Waals surface area contributed by atoms with Crippen molar-refractivity contribution in [1.82, 2.24) is 10.7 Å². The Hall–Kier alpha value is -0.810. The maximum absolute atomic E-state index is 5.51. The van der Waals surface area contributed by atoms with Crippen molar-refractivity contribution in [3.8, 4) is 0 Å². The zero-order valence-corrected chi connectivity index (χ0v) is 11.2. The first-order valence-electron chi connectivity index (χ1n) is 6.47. The first kappa shape index (κ1) is 14.3. The van der Waals surface area contributed by atoms with Crippen LogP contribution in [0.15, 0.2) is 4.99 Å². The van der Waals surface area contributed by atoms with Crippen LogP contribution < -0.4 is 16.6 Å². The number of guanidine groups is 1. The number of nitrogens with zero attached hydrogens (tertiary/aromatic N) is 1. The largest absolute Gasteiger partial charge is 0.383 e. The molecule has 1 aliphatic carbocycles. The molecular weight excluding hydrogens is 216 g/mol. The molecule has 100 valence electrons. The van der Waals surface area contributed by atoms with Crippen LogP contribution in [0.3, 0.4) is 0 Å². The number of nitrogens with two attached hydrogens (primary N) is 1. The molecule has 0 aromatic rings. The molecule has 0 bridgehead atoms. The topological polar surface area (TPSA) is 71.7 Å². The van der Waals surface area contributed by atoms with E-state index in [-0.39, 0.29) is 6.04 Å². The lowest BCUT2D eigenvalue weighted by Gasteiger charge is -2.23. The number of methoxy groups -OCH3 is 1. The summed E-state index contributed by atoms with van der Waals surface area (Å²) in [4.78, 5) is 4.61. The van der Waals surface area contributed by atoms with Gasteiger partial charge in [0.15, 0.2) is 0 Å². The molecule has 5 heteroatoms. The second kappa shape index (κ2) is 7.50. The van der Waals surface area contributed by atoms with E-state index in [0.29, 0.717) is 24.5 Å². The Kier molecular flexibility index (Phi) is 6.29. The van der Waals surface area contributed by atoms with Gasteiger partial charge in [0.2, 0.25) is 5.96 Å². The smallest absolute Gasteiger partial charge is 0.206 e. The van der Waals surface area contributed by atoms with Gasteiger partial charge in [-0.2, -0.15) is 0 Å². The molecule has 0 spiro atoms. The third-order valence-corrected chi connectivity index (χ3v) is 3.25. The Morgan fingerprint density at radius 2 is 2.06 bits per heavy atom. The lowest BCUT2D eigenvalue weighted by molar-refractivity contribution is 0.155. The fourth-order valence-electron chi connectivity index (χ4n) is 2.09. The summed E-state index contributed by atoms with van der Waals surface area (Å²) < 4.78 is 5.19. The van der Waals surface area contributed by atoms with Crippen LogP contribution in [0, 0.1) is 5.92 Å². The Morgan fingerprint density at radius 1 is 1.41 bits per heavy atom. The summed E-state index contributed by atoms with van der Waals surface area (Å²) in [5.74, 6) is 6.67. The van der Waals surface area contributed by atoms with Gasteiger partial charge < -0.3 is 10.1 Å². The molecule has 4 N–H and O–H groups in total. The van der Waals surface area contributed by atoms with Crippen LogP contribution in [0.5, 0.6) is 0 Å². The highest BCUT2D eigenvalue weighted by Crippen LogP contribution is 2.20. The van der Waals surface area contributed by atoms with E-state index in [9.17, 15) is 0 Å². The zero-order valence-electron chi connectivity index (χ0n) is 11.2. The summed E-state index contributed by atoms with van der Waals surface area (Å²) in [5.41, 5.74) is 2.66. The van der Waals surface area contributed by atoms with Gasteiger partial charge in [0.05, 0.1) is 18.7 Å². The molecule has 1 atom stereocenters. The molecular formula is C12H26N4O. The number of hydrazine groups is 1. The van der Waals surface area contributed by atoms with Crippen LogP contribution in [0.25, 0.3) is 0 Å². The molecule has 0 aromatic carbocycles. The number of aliphatic imine (C=N–C) groups is 1. The Labute approximate surface area is 104 Å². The Balaban J connectivity index is 2.53. The van der Waals surface area contributed by atoms with Gasteiger partial charge in [-0.05, 0) is 18.8 Å². The van der Waals surface area contributed by atoms with Crippen molar-refractivity contribution in [3.63, 3.8) is 0 Å². The minimum Gasteiger partial charge on any atom is -0.383 e. The SMILES string of the molecule is COCC(NC(=NC1CCCC1)NN)C(C)C. The van der Waals surface area contributed by atoms with Crippen molar-refractivity contribution in [1.29, 1.82) is 0 Å². The lowest BCUT2D eigenvalue weighted by Crippen LogP contribution is -2.50. The third-order valence-electron chi connectivity index (χ3n) is 3.25. The van der Waals surface area contributed by atoms with E-state index in [1.54, 1.807) is 7.11 Å². The minimum absolute atomic E-state index is 0.233. The van der Waals surface area contributed by atoms with Gasteiger partial charge in [0.1, 0.15) is 0 Å². The molecule has 1 fully saturated rings. The van der Waals surface area contributed by atoms with E-state index in [1.165, 1.54) is 25.7 Å². The summed E-state index contributed by atoms with van der Waals surface area (Å²) in [7, 11) is 1.71. The molecule has 1 rings (SSSR count). The van der Waals surface area contributed by atoms with E-state index in [2.05, 4.69) is 29.6 Å². The van der Waals surface area contributed by atoms with Gasteiger partial charge >= 0.3 is 0 Å². The summed E-state index contributed by atoms with van der Waals surface area (Å²) >= 11 is 0. The normalized spacial score (nSPS) is 19.7. The Morgan fingerprint density at radius 3 is 2.53 bits per heavy atom. The van der Waals surface area contributed by atoms with Crippen molar-refractivity contribution in [3.05, 3.63) is 0 Å². The van der Waals surface area contributed by atoms with Crippen LogP contribution in [-0.2, 0) is 4.74 Å². The van der Waals surface area contributed by atoms with Gasteiger partial charge in [-0.3, -0.25) is 5.43 Å². The average Bonchev–Trinajstić information content (AvgIpc) is 2.79. The highest BCUT2D eigenvalue weighted by molar-refractivity contribution is 5.79. The quantitative estimate of drug-likeness (QED) is 0.291. The molecule has 0 aliphatic heterocycles. The fraction of sp³-hybridized carbons (Fsp3) is 0.917. The molecule has 5 nitrogen and oxygen atoms in total. The van der Waals surface area contributed by atoms with Gasteiger partial charge in [-0.25, -0.2) is 10.8 Å². The molecule has 0 aromatic heterocycles. The van der Waals surface area contributed by atoms with E-state index in [1.807, 2.05) is 0 Å². The number of hydrogen-bond donors (Lipinski definition) is 3. The van der Waals surface area contributed by atoms with E-state index >= 15 is 0 Å². The summed E-state index contributed by atoms with van der Waals surface area (Å²) in [6.07, 6.45) is 4.89. The average molecular weight is 242 g/mol. The molecule has 0 saturated heterocycles. The minimum atomic E-state index is 0.233. The van der Waals surface area contributed by atoms with Crippen LogP contribution in [-0.4, -0.2) is 31.8 Å². The number of nitrogens with one attached hydrogen (secondary N) is 2. The highest BCUT2D eigenvalue weighted by atomic mass is 16.5. The van der Waals surface area contributed by atoms with Crippen molar-refractivity contribution < 1.29 is 4.74 Å². The summed E-state index contributed by atoms with van der Waals surface area (Å²) in [6, 6.07) is 0.653. The molecule has 0 radical (unpaired) electrons. The standard InChI is InChI=1S/C12H26N4O/c1-9(2)11(8-17-3)15-12(16-13)14-10-6-4-5-7-10/h9-11H,4-8,13H2,1-3H3,(H2,14,15,16). The van der Waals surface area contributed by atoms with Crippen LogP contribution in [0.2, 0.25) is 0 Å².